The maximum Gasteiger partial charge on any atom is 0.256 e. The van der Waals surface area contributed by atoms with Gasteiger partial charge in [0.15, 0.2) is 76.0 Å². The second-order valence-corrected chi connectivity index (χ2v) is 15.1. The molecule has 1 heterocycles. The van der Waals surface area contributed by atoms with Crippen molar-refractivity contribution in [3.63, 3.8) is 0 Å². The van der Waals surface area contributed by atoms with Crippen LogP contribution in [0.25, 0.3) is 10.8 Å². The summed E-state index contributed by atoms with van der Waals surface area (Å²) in [5.74, 6) is -71.3. The molecule has 0 unspecified atom stereocenters. The van der Waals surface area contributed by atoms with Gasteiger partial charge in [-0.15, -0.1) is 21.9 Å². The van der Waals surface area contributed by atoms with Gasteiger partial charge < -0.3 is 0 Å². The van der Waals surface area contributed by atoms with E-state index >= 15 is 35.1 Å². The lowest BCUT2D eigenvalue weighted by Gasteiger charge is -2.44. The highest BCUT2D eigenvalue weighted by atomic mass is 79.9. The Balaban J connectivity index is 0.000000284. The number of aromatic nitrogens is 1. The summed E-state index contributed by atoms with van der Waals surface area (Å²) in [6.45, 7) is 0.313. The Kier molecular flexibility index (Phi) is 13.8. The molecule has 0 amide bonds. The largest absolute Gasteiger partial charge is 0.287 e. The van der Waals surface area contributed by atoms with E-state index < -0.39 is 144 Å². The first-order chi connectivity index (χ1) is 30.9. The van der Waals surface area contributed by atoms with E-state index in [2.05, 4.69) is 31.9 Å². The van der Waals surface area contributed by atoms with Gasteiger partial charge in [-0.05, 0) is 12.1 Å². The Hall–Kier alpha value is -5.98. The predicted molar refractivity (Wildman–Crippen MR) is 200 cm³/mol. The molecule has 0 N–H and O–H groups in total. The van der Waals surface area contributed by atoms with Crippen LogP contribution in [-0.4, -0.2) is 11.9 Å². The smallest absolute Gasteiger partial charge is 0.256 e. The number of ketones is 1. The van der Waals surface area contributed by atoms with Crippen molar-refractivity contribution in [3.05, 3.63) is 192 Å². The van der Waals surface area contributed by atoms with E-state index in [1.54, 1.807) is 0 Å². The van der Waals surface area contributed by atoms with Crippen LogP contribution in [0, 0.1) is 116 Å². The molecule has 25 heteroatoms. The molecule has 0 aliphatic carbocycles. The molecule has 344 valence electrons. The van der Waals surface area contributed by atoms with Gasteiger partial charge in [0.2, 0.25) is 12.3 Å². The number of rotatable bonds is 7. The Morgan fingerprint density at radius 1 is 0.379 bits per heavy atom. The van der Waals surface area contributed by atoms with Gasteiger partial charge in [-0.1, -0.05) is 52.3 Å². The average molecular weight is 1090 g/mol. The van der Waals surface area contributed by atoms with E-state index in [1.807, 2.05) is 65.4 Å². The normalized spacial score (nSPS) is 11.6. The van der Waals surface area contributed by atoms with Crippen LogP contribution < -0.4 is 26.4 Å². The third kappa shape index (κ3) is 7.65. The zero-order valence-corrected chi connectivity index (χ0v) is 34.4. The Morgan fingerprint density at radius 3 is 1.00 bits per heavy atom. The second kappa shape index (κ2) is 18.4. The number of carbonyl (C=O) groups excluding carboxylic acids is 1. The minimum absolute atomic E-state index is 0.0932. The summed E-state index contributed by atoms with van der Waals surface area (Å²) in [7, 11) is 0. The van der Waals surface area contributed by atoms with E-state index in [9.17, 15) is 57.5 Å². The number of benzene rings is 6. The van der Waals surface area contributed by atoms with Crippen molar-refractivity contribution >= 4 is 76.4 Å². The molecule has 0 fully saturated rings. The summed E-state index contributed by atoms with van der Waals surface area (Å²) in [5, 5.41) is 2.19. The predicted octanol–water partition coefficient (Wildman–Crippen LogP) is 10.4. The summed E-state index contributed by atoms with van der Waals surface area (Å²) >= 11 is 7.15. The van der Waals surface area contributed by atoms with Crippen LogP contribution in [0.4, 0.5) is 87.8 Å². The molecule has 0 atom stereocenters. The minimum Gasteiger partial charge on any atom is -0.287 e. The third-order valence-electron chi connectivity index (χ3n) is 10.1. The summed E-state index contributed by atoms with van der Waals surface area (Å²) in [4.78, 5) is 12.3. The Morgan fingerprint density at radius 2 is 0.682 bits per heavy atom. The lowest BCUT2D eigenvalue weighted by Crippen LogP contribution is -2.81. The van der Waals surface area contributed by atoms with Crippen molar-refractivity contribution < 1.29 is 97.2 Å². The number of nitrogens with zero attached hydrogens (tertiary/aromatic N) is 1. The fourth-order valence-corrected chi connectivity index (χ4v) is 8.23. The van der Waals surface area contributed by atoms with E-state index in [0.717, 1.165) is 25.4 Å². The van der Waals surface area contributed by atoms with Crippen molar-refractivity contribution in [2.75, 3.05) is 0 Å². The highest BCUT2D eigenvalue weighted by molar-refractivity contribution is 9.11. The monoisotopic (exact) mass is 1080 g/mol. The quantitative estimate of drug-likeness (QED) is 0.0296. The number of hydrogen-bond donors (Lipinski definition) is 0. The Bertz CT molecular complexity index is 2790. The third-order valence-corrected chi connectivity index (χ3v) is 11.6. The van der Waals surface area contributed by atoms with Gasteiger partial charge in [-0.2, -0.15) is 4.57 Å². The van der Waals surface area contributed by atoms with E-state index in [4.69, 9.17) is 0 Å². The van der Waals surface area contributed by atoms with E-state index in [0.29, 0.717) is 6.54 Å². The SMILES string of the molecule is Fc1c(F)c(F)c([B-](c2c(F)c(F)c(F)c(F)c2F)(c2c(F)c(F)c(F)c(F)c2F)c2c(F)c(F)c(F)c(F)c2F)c(F)c1F.O=C(C[n+]1ccc2c(Br)cccc2c1Br)c1ccccc1. The molecule has 66 heavy (non-hydrogen) atoms. The van der Waals surface area contributed by atoms with Crippen LogP contribution in [-0.2, 0) is 6.54 Å². The number of hydrogen-bond acceptors (Lipinski definition) is 1. The molecule has 0 saturated heterocycles. The number of carbonyl (C=O) groups is 1. The maximum absolute atomic E-state index is 15.4. The molecule has 0 aliphatic heterocycles. The number of fused-ring (bicyclic) bond motifs is 1. The fraction of sp³-hybridized carbons (Fsp3) is 0.0244. The first kappa shape index (κ1) is 49.5. The van der Waals surface area contributed by atoms with Crippen LogP contribution in [0.5, 0.6) is 0 Å². The first-order valence-corrected chi connectivity index (χ1v) is 19.0. The van der Waals surface area contributed by atoms with Gasteiger partial charge in [-0.3, -0.25) is 4.79 Å². The lowest BCUT2D eigenvalue weighted by molar-refractivity contribution is -0.692. The average Bonchev–Trinajstić information content (AvgIpc) is 3.30. The topological polar surface area (TPSA) is 20.9 Å². The minimum atomic E-state index is -7.22. The summed E-state index contributed by atoms with van der Waals surface area (Å²) in [6, 6.07) is 17.4. The van der Waals surface area contributed by atoms with Crippen LogP contribution in [0.2, 0.25) is 0 Å². The Labute approximate surface area is 370 Å². The highest BCUT2D eigenvalue weighted by Gasteiger charge is 2.52. The van der Waals surface area contributed by atoms with Crippen LogP contribution in [0.3, 0.4) is 0 Å². The van der Waals surface area contributed by atoms with Gasteiger partial charge >= 0.3 is 0 Å². The molecule has 0 bridgehead atoms. The summed E-state index contributed by atoms with van der Waals surface area (Å²) in [5.41, 5.74) is -13.6. The molecule has 0 radical (unpaired) electrons. The van der Waals surface area contributed by atoms with Crippen molar-refractivity contribution in [2.45, 2.75) is 6.54 Å². The second-order valence-electron chi connectivity index (χ2n) is 13.5. The van der Waals surface area contributed by atoms with Gasteiger partial charge in [0.1, 0.15) is 52.7 Å². The number of pyridine rings is 1. The van der Waals surface area contributed by atoms with Crippen molar-refractivity contribution in [1.82, 2.24) is 0 Å². The molecule has 2 nitrogen and oxygen atoms in total. The zero-order valence-electron chi connectivity index (χ0n) is 31.2. The van der Waals surface area contributed by atoms with Crippen LogP contribution in [0.15, 0.2) is 69.9 Å². The molecule has 0 aliphatic rings. The first-order valence-electron chi connectivity index (χ1n) is 17.4. The van der Waals surface area contributed by atoms with Gasteiger partial charge in [-0.25, -0.2) is 87.8 Å². The van der Waals surface area contributed by atoms with Gasteiger partial charge in [0.05, 0.1) is 5.39 Å². The van der Waals surface area contributed by atoms with Crippen LogP contribution in [0.1, 0.15) is 10.4 Å². The summed E-state index contributed by atoms with van der Waals surface area (Å²) < 4.78 is 298. The molecular weight excluding hydrogens is 1070 g/mol. The van der Waals surface area contributed by atoms with Crippen LogP contribution >= 0.6 is 31.9 Å². The molecule has 0 saturated carbocycles. The standard InChI is InChI=1S/C24BF20.C17H12Br2NO/c26-5-1(6(27)14(35)21(42)13(5)34)25(2-7(28)15(36)22(43)16(37)8(2)29,3-9(30)17(38)23(44)18(39)10(3)31)4-11(32)19(40)24(45)20(41)12(4)33;18-15-8-4-7-14-13(15)9-10-20(17(14)19)11-16(21)12-5-2-1-3-6-12/h;1-10H,11H2/q-1;+1. The van der Waals surface area contributed by atoms with E-state index in [-0.39, 0.29) is 5.78 Å². The van der Waals surface area contributed by atoms with Crippen molar-refractivity contribution in [3.8, 4) is 0 Å². The molecule has 7 rings (SSSR count). The molecule has 0 spiro atoms. The molecular formula is C41H12BBr2F20NO. The molecule has 1 aromatic heterocycles. The molecule has 7 aromatic rings. The number of halogens is 22. The van der Waals surface area contributed by atoms with Crippen molar-refractivity contribution in [1.29, 1.82) is 0 Å². The lowest BCUT2D eigenvalue weighted by atomic mass is 9.12. The summed E-state index contributed by atoms with van der Waals surface area (Å²) in [6.07, 6.45) is -5.29. The molecule has 6 aromatic carbocycles. The fourth-order valence-electron chi connectivity index (χ4n) is 7.14. The number of Topliss-reactive ketones (excluding diaryl/α,β-unsaturated/α-hetero) is 1. The van der Waals surface area contributed by atoms with Gasteiger partial charge in [0, 0.05) is 37.4 Å². The maximum atomic E-state index is 15.4. The van der Waals surface area contributed by atoms with Crippen molar-refractivity contribution in [2.24, 2.45) is 0 Å². The van der Waals surface area contributed by atoms with E-state index in [1.165, 1.54) is 0 Å². The highest BCUT2D eigenvalue weighted by Crippen LogP contribution is 2.31. The van der Waals surface area contributed by atoms with Gasteiger partial charge in [0.25, 0.3) is 4.60 Å². The zero-order chi connectivity index (χ0) is 49.2.